The fourth-order valence-corrected chi connectivity index (χ4v) is 1.52. The Hall–Kier alpha value is -1.64. The molecule has 19 heavy (non-hydrogen) atoms. The molecule has 0 fully saturated rings. The van der Waals surface area contributed by atoms with Gasteiger partial charge in [-0.3, -0.25) is 9.59 Å². The fourth-order valence-electron chi connectivity index (χ4n) is 1.52. The van der Waals surface area contributed by atoms with Crippen molar-refractivity contribution in [1.82, 2.24) is 0 Å². The molecule has 0 atom stereocenters. The summed E-state index contributed by atoms with van der Waals surface area (Å²) >= 11 is 0. The van der Waals surface area contributed by atoms with Crippen molar-refractivity contribution in [3.63, 3.8) is 0 Å². The molecule has 0 unspecified atom stereocenters. The van der Waals surface area contributed by atoms with E-state index in [0.717, 1.165) is 5.57 Å². The van der Waals surface area contributed by atoms with Crippen LogP contribution in [0.4, 0.5) is 0 Å². The summed E-state index contributed by atoms with van der Waals surface area (Å²) in [6.45, 7) is 13.9. The van der Waals surface area contributed by atoms with Gasteiger partial charge in [-0.1, -0.05) is 45.6 Å². The SMILES string of the molecule is C=C(/C=C\C(=C/C)C(C)(C)C)C(=O)CC(=O)OCC. The molecular formula is C16H24O3. The Morgan fingerprint density at radius 3 is 2.21 bits per heavy atom. The van der Waals surface area contributed by atoms with Gasteiger partial charge in [-0.25, -0.2) is 0 Å². The van der Waals surface area contributed by atoms with Gasteiger partial charge in [-0.05, 0) is 24.8 Å². The van der Waals surface area contributed by atoms with Crippen LogP contribution in [0.25, 0.3) is 0 Å². The molecule has 0 bridgehead atoms. The van der Waals surface area contributed by atoms with Crippen LogP contribution >= 0.6 is 0 Å². The van der Waals surface area contributed by atoms with Crippen LogP contribution in [-0.4, -0.2) is 18.4 Å². The highest BCUT2D eigenvalue weighted by Gasteiger charge is 2.15. The van der Waals surface area contributed by atoms with E-state index in [1.54, 1.807) is 13.0 Å². The highest BCUT2D eigenvalue weighted by molar-refractivity contribution is 6.06. The molecule has 0 aliphatic heterocycles. The van der Waals surface area contributed by atoms with Gasteiger partial charge in [0.1, 0.15) is 6.42 Å². The van der Waals surface area contributed by atoms with E-state index in [-0.39, 0.29) is 24.2 Å². The van der Waals surface area contributed by atoms with Gasteiger partial charge < -0.3 is 4.74 Å². The van der Waals surface area contributed by atoms with E-state index >= 15 is 0 Å². The van der Waals surface area contributed by atoms with Crippen molar-refractivity contribution in [2.24, 2.45) is 5.41 Å². The molecular weight excluding hydrogens is 240 g/mol. The van der Waals surface area contributed by atoms with Gasteiger partial charge in [-0.2, -0.15) is 0 Å². The van der Waals surface area contributed by atoms with E-state index in [9.17, 15) is 9.59 Å². The van der Waals surface area contributed by atoms with E-state index in [0.29, 0.717) is 5.57 Å². The number of allylic oxidation sites excluding steroid dienone is 5. The Balaban J connectivity index is 4.61. The lowest BCUT2D eigenvalue weighted by Gasteiger charge is -2.19. The molecule has 0 spiro atoms. The average molecular weight is 264 g/mol. The Bertz CT molecular complexity index is 406. The van der Waals surface area contributed by atoms with Crippen LogP contribution in [0.1, 0.15) is 41.0 Å². The highest BCUT2D eigenvalue weighted by Crippen LogP contribution is 2.26. The summed E-state index contributed by atoms with van der Waals surface area (Å²) in [7, 11) is 0. The topological polar surface area (TPSA) is 43.4 Å². The number of ether oxygens (including phenoxy) is 1. The van der Waals surface area contributed by atoms with Gasteiger partial charge in [0.25, 0.3) is 0 Å². The van der Waals surface area contributed by atoms with Crippen LogP contribution < -0.4 is 0 Å². The average Bonchev–Trinajstić information content (AvgIpc) is 2.27. The van der Waals surface area contributed by atoms with Crippen LogP contribution in [0.5, 0.6) is 0 Å². The second kappa shape index (κ2) is 7.72. The molecule has 3 nitrogen and oxygen atoms in total. The fraction of sp³-hybridized carbons (Fsp3) is 0.500. The molecule has 0 N–H and O–H groups in total. The summed E-state index contributed by atoms with van der Waals surface area (Å²) in [5, 5.41) is 0. The molecule has 0 aromatic carbocycles. The monoisotopic (exact) mass is 264 g/mol. The van der Waals surface area contributed by atoms with Crippen LogP contribution in [0, 0.1) is 5.41 Å². The predicted molar refractivity (Wildman–Crippen MR) is 77.7 cm³/mol. The number of hydrogen-bond acceptors (Lipinski definition) is 3. The van der Waals surface area contributed by atoms with Gasteiger partial charge in [0.05, 0.1) is 6.61 Å². The van der Waals surface area contributed by atoms with Crippen LogP contribution in [-0.2, 0) is 14.3 Å². The second-order valence-electron chi connectivity index (χ2n) is 5.26. The van der Waals surface area contributed by atoms with Gasteiger partial charge in [-0.15, -0.1) is 0 Å². The summed E-state index contributed by atoms with van der Waals surface area (Å²) in [5.41, 5.74) is 1.43. The van der Waals surface area contributed by atoms with Crippen molar-refractivity contribution >= 4 is 11.8 Å². The van der Waals surface area contributed by atoms with Crippen LogP contribution in [0.3, 0.4) is 0 Å². The predicted octanol–water partition coefficient (Wildman–Crippen LogP) is 3.61. The number of ketones is 1. The van der Waals surface area contributed by atoms with Crippen LogP contribution in [0.2, 0.25) is 0 Å². The Labute approximate surface area is 116 Å². The largest absolute Gasteiger partial charge is 0.466 e. The van der Waals surface area contributed by atoms with Gasteiger partial charge >= 0.3 is 5.97 Å². The van der Waals surface area contributed by atoms with Gasteiger partial charge in [0.2, 0.25) is 0 Å². The van der Waals surface area contributed by atoms with E-state index in [2.05, 4.69) is 27.4 Å². The molecule has 0 saturated carbocycles. The third kappa shape index (κ3) is 6.75. The minimum atomic E-state index is -0.510. The van der Waals surface area contributed by atoms with Crippen molar-refractivity contribution in [3.8, 4) is 0 Å². The first-order valence-electron chi connectivity index (χ1n) is 6.45. The third-order valence-corrected chi connectivity index (χ3v) is 2.61. The molecule has 0 heterocycles. The number of rotatable bonds is 6. The van der Waals surface area contributed by atoms with E-state index in [4.69, 9.17) is 4.74 Å². The lowest BCUT2D eigenvalue weighted by molar-refractivity contribution is -0.144. The molecule has 0 aliphatic carbocycles. The third-order valence-electron chi connectivity index (χ3n) is 2.61. The molecule has 3 heteroatoms. The Kier molecular flexibility index (Phi) is 7.05. The zero-order valence-corrected chi connectivity index (χ0v) is 12.6. The van der Waals surface area contributed by atoms with Crippen molar-refractivity contribution in [2.45, 2.75) is 41.0 Å². The molecule has 0 aliphatic rings. The molecule has 0 aromatic rings. The highest BCUT2D eigenvalue weighted by atomic mass is 16.5. The molecule has 0 radical (unpaired) electrons. The van der Waals surface area contributed by atoms with Crippen molar-refractivity contribution < 1.29 is 14.3 Å². The minimum absolute atomic E-state index is 0.00964. The first kappa shape index (κ1) is 17.4. The smallest absolute Gasteiger partial charge is 0.313 e. The zero-order chi connectivity index (χ0) is 15.1. The summed E-state index contributed by atoms with van der Waals surface area (Å²) in [6.07, 6.45) is 5.27. The molecule has 106 valence electrons. The normalized spacial score (nSPS) is 12.6. The maximum atomic E-state index is 11.7. The molecule has 0 rings (SSSR count). The van der Waals surface area contributed by atoms with Crippen molar-refractivity contribution in [1.29, 1.82) is 0 Å². The summed E-state index contributed by atoms with van der Waals surface area (Å²) in [5.74, 6) is -0.816. The van der Waals surface area contributed by atoms with Gasteiger partial charge in [0.15, 0.2) is 5.78 Å². The first-order chi connectivity index (χ1) is 8.72. The summed E-state index contributed by atoms with van der Waals surface area (Å²) in [4.78, 5) is 22.9. The number of carbonyl (C=O) groups excluding carboxylic acids is 2. The quantitative estimate of drug-likeness (QED) is 0.318. The Morgan fingerprint density at radius 2 is 1.79 bits per heavy atom. The van der Waals surface area contributed by atoms with Crippen molar-refractivity contribution in [3.05, 3.63) is 36.0 Å². The summed E-state index contributed by atoms with van der Waals surface area (Å²) in [6, 6.07) is 0. The molecule has 0 amide bonds. The first-order valence-corrected chi connectivity index (χ1v) is 6.45. The second-order valence-corrected chi connectivity index (χ2v) is 5.26. The number of carbonyl (C=O) groups is 2. The number of esters is 1. The summed E-state index contributed by atoms with van der Waals surface area (Å²) < 4.78 is 4.73. The lowest BCUT2D eigenvalue weighted by atomic mass is 9.85. The van der Waals surface area contributed by atoms with E-state index in [1.807, 2.05) is 19.1 Å². The van der Waals surface area contributed by atoms with Gasteiger partial charge in [0, 0.05) is 5.57 Å². The Morgan fingerprint density at radius 1 is 1.21 bits per heavy atom. The maximum Gasteiger partial charge on any atom is 0.313 e. The molecule has 0 aromatic heterocycles. The molecule has 0 saturated heterocycles. The zero-order valence-electron chi connectivity index (χ0n) is 12.6. The van der Waals surface area contributed by atoms with E-state index < -0.39 is 5.97 Å². The number of Topliss-reactive ketones (excluding diaryl/α,β-unsaturated/α-hetero) is 1. The van der Waals surface area contributed by atoms with Crippen LogP contribution in [0.15, 0.2) is 36.0 Å². The number of hydrogen-bond donors (Lipinski definition) is 0. The maximum absolute atomic E-state index is 11.7. The minimum Gasteiger partial charge on any atom is -0.466 e. The van der Waals surface area contributed by atoms with Crippen molar-refractivity contribution in [2.75, 3.05) is 6.61 Å². The lowest BCUT2D eigenvalue weighted by Crippen LogP contribution is -2.12. The standard InChI is InChI=1S/C16H24O3/c1-7-13(16(4,5)6)10-9-12(3)14(17)11-15(18)19-8-2/h7,9-10H,3,8,11H2,1-2,4-6H3/b10-9-,13-7+. The van der Waals surface area contributed by atoms with E-state index in [1.165, 1.54) is 0 Å².